The van der Waals surface area contributed by atoms with Gasteiger partial charge in [-0.15, -0.1) is 0 Å². The second-order valence-corrected chi connectivity index (χ2v) is 1.89. The lowest BCUT2D eigenvalue weighted by molar-refractivity contribution is -0.670. The second-order valence-electron chi connectivity index (χ2n) is 1.89. The van der Waals surface area contributed by atoms with Crippen LogP contribution in [0.5, 0.6) is 0 Å². The van der Waals surface area contributed by atoms with Crippen molar-refractivity contribution in [2.45, 2.75) is 0 Å². The third-order valence-corrected chi connectivity index (χ3v) is 0.933. The zero-order valence-corrected chi connectivity index (χ0v) is 6.22. The van der Waals surface area contributed by atoms with Crippen LogP contribution in [0.25, 0.3) is 0 Å². The molecule has 0 aromatic carbocycles. The van der Waals surface area contributed by atoms with Crippen molar-refractivity contribution in [3.63, 3.8) is 0 Å². The Balaban J connectivity index is 0.000000187. The molecule has 0 saturated carbocycles. The first-order valence-electron chi connectivity index (χ1n) is 3.21. The monoisotopic (exact) mass is 134 g/mol. The molecule has 1 saturated heterocycles. The van der Waals surface area contributed by atoms with Gasteiger partial charge in [-0.05, 0) is 0 Å². The van der Waals surface area contributed by atoms with Crippen molar-refractivity contribution < 1.29 is 14.8 Å². The molecule has 0 aromatic heterocycles. The van der Waals surface area contributed by atoms with Crippen molar-refractivity contribution in [3.8, 4) is 0 Å². The molecule has 0 unspecified atom stereocenters. The van der Waals surface area contributed by atoms with Gasteiger partial charge >= 0.3 is 0 Å². The van der Waals surface area contributed by atoms with E-state index in [1.165, 1.54) is 0 Å². The zero-order chi connectivity index (χ0) is 6.95. The largest absolute Gasteiger partial charge is 0.388 e. The third-order valence-electron chi connectivity index (χ3n) is 0.933. The van der Waals surface area contributed by atoms with E-state index in [4.69, 9.17) is 4.74 Å². The Morgan fingerprint density at radius 3 is 1.78 bits per heavy atom. The Bertz CT molecular complexity index is 34.8. The summed E-state index contributed by atoms with van der Waals surface area (Å²) in [6, 6.07) is 0. The van der Waals surface area contributed by atoms with E-state index < -0.39 is 0 Å². The Hall–Kier alpha value is -0.120. The molecule has 0 radical (unpaired) electrons. The smallest absolute Gasteiger partial charge is 0.0993 e. The van der Waals surface area contributed by atoms with Gasteiger partial charge in [0.05, 0.1) is 26.3 Å². The average molecular weight is 134 g/mol. The maximum Gasteiger partial charge on any atom is 0.0993 e. The Morgan fingerprint density at radius 2 is 1.67 bits per heavy atom. The molecule has 0 aromatic rings. The van der Waals surface area contributed by atoms with Gasteiger partial charge in [-0.3, -0.25) is 0 Å². The number of morpholine rings is 1. The van der Waals surface area contributed by atoms with E-state index in [0.717, 1.165) is 26.3 Å². The topological polar surface area (TPSA) is 35.1 Å². The predicted molar refractivity (Wildman–Crippen MR) is 35.4 cm³/mol. The maximum absolute atomic E-state index is 5.04. The lowest BCUT2D eigenvalue weighted by atomic mass is 10.5. The van der Waals surface area contributed by atoms with Crippen molar-refractivity contribution in [2.24, 2.45) is 0 Å². The van der Waals surface area contributed by atoms with Crippen molar-refractivity contribution in [1.82, 2.24) is 0 Å². The van der Waals surface area contributed by atoms with E-state index in [-0.39, 0.29) is 0 Å². The fraction of sp³-hybridized carbons (Fsp3) is 1.00. The fourth-order valence-electron chi connectivity index (χ4n) is 0.580. The van der Waals surface area contributed by atoms with E-state index in [9.17, 15) is 0 Å². The van der Waals surface area contributed by atoms with Gasteiger partial charge in [0.15, 0.2) is 0 Å². The van der Waals surface area contributed by atoms with Gasteiger partial charge < -0.3 is 14.8 Å². The summed E-state index contributed by atoms with van der Waals surface area (Å²) in [6.07, 6.45) is 0. The fourth-order valence-corrected chi connectivity index (χ4v) is 0.580. The Labute approximate surface area is 56.3 Å². The van der Waals surface area contributed by atoms with Crippen LogP contribution >= 0.6 is 0 Å². The number of methoxy groups -OCH3 is 1. The van der Waals surface area contributed by atoms with E-state index >= 15 is 0 Å². The van der Waals surface area contributed by atoms with Gasteiger partial charge in [0.2, 0.25) is 0 Å². The molecule has 56 valence electrons. The van der Waals surface area contributed by atoms with Crippen molar-refractivity contribution in [3.05, 3.63) is 0 Å². The molecule has 1 rings (SSSR count). The third kappa shape index (κ3) is 7.88. The minimum absolute atomic E-state index is 0.944. The summed E-state index contributed by atoms with van der Waals surface area (Å²) in [5.74, 6) is 0. The van der Waals surface area contributed by atoms with E-state index in [2.05, 4.69) is 10.1 Å². The molecule has 0 spiro atoms. The number of ether oxygens (including phenoxy) is 2. The normalized spacial score (nSPS) is 18.0. The molecular weight excluding hydrogens is 118 g/mol. The highest BCUT2D eigenvalue weighted by Crippen LogP contribution is 1.69. The summed E-state index contributed by atoms with van der Waals surface area (Å²) >= 11 is 0. The highest BCUT2D eigenvalue weighted by Gasteiger charge is 1.96. The summed E-state index contributed by atoms with van der Waals surface area (Å²) in [5.41, 5.74) is 0. The summed E-state index contributed by atoms with van der Waals surface area (Å²) in [4.78, 5) is 0. The molecule has 3 heteroatoms. The molecule has 0 aliphatic carbocycles. The van der Waals surface area contributed by atoms with Crippen LogP contribution in [-0.4, -0.2) is 40.5 Å². The summed E-state index contributed by atoms with van der Waals surface area (Å²) in [5, 5.41) is 2.27. The molecule has 1 aliphatic heterocycles. The number of quaternary nitrogens is 1. The molecular formula is C6H16NO2+. The van der Waals surface area contributed by atoms with Gasteiger partial charge in [0.25, 0.3) is 0 Å². The van der Waals surface area contributed by atoms with Gasteiger partial charge in [-0.1, -0.05) is 0 Å². The molecule has 1 fully saturated rings. The molecule has 3 nitrogen and oxygen atoms in total. The van der Waals surface area contributed by atoms with Crippen LogP contribution in [0.3, 0.4) is 0 Å². The van der Waals surface area contributed by atoms with Crippen molar-refractivity contribution in [2.75, 3.05) is 40.5 Å². The van der Waals surface area contributed by atoms with Crippen LogP contribution in [0.4, 0.5) is 0 Å². The lowest BCUT2D eigenvalue weighted by Gasteiger charge is -2.07. The second kappa shape index (κ2) is 7.88. The van der Waals surface area contributed by atoms with Crippen molar-refractivity contribution in [1.29, 1.82) is 0 Å². The molecule has 1 aliphatic rings. The molecule has 0 bridgehead atoms. The van der Waals surface area contributed by atoms with Crippen LogP contribution in [0.1, 0.15) is 0 Å². The highest BCUT2D eigenvalue weighted by molar-refractivity contribution is 4.30. The van der Waals surface area contributed by atoms with Gasteiger partial charge in [-0.25, -0.2) is 0 Å². The van der Waals surface area contributed by atoms with Gasteiger partial charge in [0, 0.05) is 14.2 Å². The minimum atomic E-state index is 0.944. The molecule has 0 amide bonds. The SMILES string of the molecule is C1COCC[NH2+]1.COC. The molecule has 9 heavy (non-hydrogen) atoms. The lowest BCUT2D eigenvalue weighted by Crippen LogP contribution is -2.87. The van der Waals surface area contributed by atoms with E-state index in [1.807, 2.05) is 0 Å². The summed E-state index contributed by atoms with van der Waals surface area (Å²) < 4.78 is 9.29. The van der Waals surface area contributed by atoms with Gasteiger partial charge in [0.1, 0.15) is 0 Å². The maximum atomic E-state index is 5.04. The minimum Gasteiger partial charge on any atom is -0.388 e. The van der Waals surface area contributed by atoms with Crippen LogP contribution in [0.2, 0.25) is 0 Å². The number of hydrogen-bond donors (Lipinski definition) is 1. The Morgan fingerprint density at radius 1 is 1.22 bits per heavy atom. The quantitative estimate of drug-likeness (QED) is 0.453. The highest BCUT2D eigenvalue weighted by atomic mass is 16.5. The van der Waals surface area contributed by atoms with Crippen LogP contribution in [0.15, 0.2) is 0 Å². The van der Waals surface area contributed by atoms with Crippen LogP contribution in [0, 0.1) is 0 Å². The van der Waals surface area contributed by atoms with Crippen LogP contribution in [-0.2, 0) is 9.47 Å². The van der Waals surface area contributed by atoms with Gasteiger partial charge in [-0.2, -0.15) is 0 Å². The first kappa shape index (κ1) is 8.88. The number of nitrogens with two attached hydrogens (primary N) is 1. The Kier molecular flexibility index (Phi) is 7.77. The average Bonchev–Trinajstić information content (AvgIpc) is 1.93. The number of hydrogen-bond acceptors (Lipinski definition) is 2. The molecule has 2 N–H and O–H groups in total. The number of rotatable bonds is 0. The zero-order valence-electron chi connectivity index (χ0n) is 6.22. The van der Waals surface area contributed by atoms with Crippen molar-refractivity contribution >= 4 is 0 Å². The standard InChI is InChI=1S/C4H9NO.C2H6O/c1-3-6-4-2-5-1;1-3-2/h5H,1-4H2;1-2H3/p+1. The predicted octanol–water partition coefficient (Wildman–Crippen LogP) is -1.16. The summed E-state index contributed by atoms with van der Waals surface area (Å²) in [7, 11) is 3.25. The first-order chi connectivity index (χ1) is 4.41. The molecule has 0 atom stereocenters. The van der Waals surface area contributed by atoms with E-state index in [1.54, 1.807) is 14.2 Å². The van der Waals surface area contributed by atoms with E-state index in [0.29, 0.717) is 0 Å². The summed E-state index contributed by atoms with van der Waals surface area (Å²) in [6.45, 7) is 4.19. The van der Waals surface area contributed by atoms with Crippen LogP contribution < -0.4 is 5.32 Å². The molecule has 1 heterocycles. The first-order valence-corrected chi connectivity index (χ1v) is 3.21.